The van der Waals surface area contributed by atoms with Crippen molar-refractivity contribution in [3.05, 3.63) is 59.9 Å². The van der Waals surface area contributed by atoms with Crippen molar-refractivity contribution in [3.63, 3.8) is 0 Å². The first-order valence-electron chi connectivity index (χ1n) is 10.1. The number of aromatic nitrogens is 4. The van der Waals surface area contributed by atoms with Crippen LogP contribution in [0, 0.1) is 0 Å². The molecule has 0 saturated carbocycles. The van der Waals surface area contributed by atoms with Gasteiger partial charge in [-0.3, -0.25) is 9.78 Å². The predicted octanol–water partition coefficient (Wildman–Crippen LogP) is 3.39. The SMILES string of the molecule is C[C@@H](NC(=O)c1ccnc(-c2cnn3ccc(-c4cccs4)nc23)c1)[C@@H]1CCCN1. The van der Waals surface area contributed by atoms with E-state index in [0.29, 0.717) is 17.3 Å². The van der Waals surface area contributed by atoms with E-state index in [1.165, 1.54) is 0 Å². The van der Waals surface area contributed by atoms with Gasteiger partial charge in [-0.2, -0.15) is 5.10 Å². The molecule has 1 aliphatic heterocycles. The summed E-state index contributed by atoms with van der Waals surface area (Å²) in [7, 11) is 0. The van der Waals surface area contributed by atoms with Crippen LogP contribution in [0.15, 0.2) is 54.3 Å². The summed E-state index contributed by atoms with van der Waals surface area (Å²) >= 11 is 1.65. The maximum Gasteiger partial charge on any atom is 0.251 e. The van der Waals surface area contributed by atoms with Gasteiger partial charge in [0.15, 0.2) is 5.65 Å². The number of hydrogen-bond acceptors (Lipinski definition) is 6. The minimum Gasteiger partial charge on any atom is -0.348 e. The van der Waals surface area contributed by atoms with Gasteiger partial charge in [0.25, 0.3) is 5.91 Å². The molecule has 152 valence electrons. The van der Waals surface area contributed by atoms with Gasteiger partial charge in [0.2, 0.25) is 0 Å². The summed E-state index contributed by atoms with van der Waals surface area (Å²) in [5.74, 6) is -0.0939. The number of pyridine rings is 1. The molecule has 1 aliphatic rings. The highest BCUT2D eigenvalue weighted by atomic mass is 32.1. The molecule has 7 nitrogen and oxygen atoms in total. The van der Waals surface area contributed by atoms with E-state index in [9.17, 15) is 4.79 Å². The molecule has 1 saturated heterocycles. The van der Waals surface area contributed by atoms with Crippen LogP contribution < -0.4 is 10.6 Å². The molecule has 0 bridgehead atoms. The molecule has 1 fully saturated rings. The van der Waals surface area contributed by atoms with Crippen LogP contribution in [0.4, 0.5) is 0 Å². The van der Waals surface area contributed by atoms with Crippen LogP contribution in [0.3, 0.4) is 0 Å². The number of hydrogen-bond donors (Lipinski definition) is 2. The molecular weight excluding hydrogens is 396 g/mol. The second-order valence-corrected chi connectivity index (χ2v) is 8.46. The maximum absolute atomic E-state index is 12.8. The molecule has 8 heteroatoms. The Kier molecular flexibility index (Phi) is 5.02. The van der Waals surface area contributed by atoms with Gasteiger partial charge in [-0.15, -0.1) is 11.3 Å². The Bertz CT molecular complexity index is 1180. The molecule has 5 rings (SSSR count). The first kappa shape index (κ1) is 18.9. The maximum atomic E-state index is 12.8. The van der Waals surface area contributed by atoms with Crippen LogP contribution in [-0.2, 0) is 0 Å². The molecule has 0 unspecified atom stereocenters. The zero-order chi connectivity index (χ0) is 20.5. The lowest BCUT2D eigenvalue weighted by molar-refractivity contribution is 0.0933. The Balaban J connectivity index is 1.44. The highest BCUT2D eigenvalue weighted by Crippen LogP contribution is 2.27. The molecule has 4 aromatic rings. The van der Waals surface area contributed by atoms with E-state index in [0.717, 1.165) is 41.2 Å². The van der Waals surface area contributed by atoms with Crippen molar-refractivity contribution in [3.8, 4) is 21.8 Å². The smallest absolute Gasteiger partial charge is 0.251 e. The van der Waals surface area contributed by atoms with Crippen LogP contribution in [-0.4, -0.2) is 44.1 Å². The molecule has 0 spiro atoms. The van der Waals surface area contributed by atoms with Crippen LogP contribution in [0.5, 0.6) is 0 Å². The highest BCUT2D eigenvalue weighted by Gasteiger charge is 2.23. The zero-order valence-electron chi connectivity index (χ0n) is 16.6. The Morgan fingerprint density at radius 1 is 1.33 bits per heavy atom. The fourth-order valence-electron chi connectivity index (χ4n) is 3.86. The number of thiophene rings is 1. The summed E-state index contributed by atoms with van der Waals surface area (Å²) in [6.07, 6.45) is 7.54. The van der Waals surface area contributed by atoms with Crippen molar-refractivity contribution < 1.29 is 4.79 Å². The fraction of sp³-hybridized carbons (Fsp3) is 0.273. The molecule has 2 atom stereocenters. The summed E-state index contributed by atoms with van der Waals surface area (Å²) in [5, 5.41) is 13.0. The van der Waals surface area contributed by atoms with Crippen molar-refractivity contribution >= 4 is 22.9 Å². The van der Waals surface area contributed by atoms with Gasteiger partial charge in [-0.1, -0.05) is 6.07 Å². The van der Waals surface area contributed by atoms with Gasteiger partial charge in [0, 0.05) is 30.0 Å². The molecule has 1 amide bonds. The van der Waals surface area contributed by atoms with Gasteiger partial charge in [0.05, 0.1) is 28.0 Å². The standard InChI is InChI=1S/C22H22N6OS/c1-14(17-4-2-8-23-17)26-22(29)15-6-9-24-19(12-15)16-13-25-28-10-7-18(27-21(16)28)20-5-3-11-30-20/h3,5-7,9-14,17,23H,2,4,8H2,1H3,(H,26,29)/t14-,17+/m1/s1. The van der Waals surface area contributed by atoms with Gasteiger partial charge >= 0.3 is 0 Å². The lowest BCUT2D eigenvalue weighted by Crippen LogP contribution is -2.45. The molecule has 2 N–H and O–H groups in total. The highest BCUT2D eigenvalue weighted by molar-refractivity contribution is 7.13. The Morgan fingerprint density at radius 2 is 2.27 bits per heavy atom. The third-order valence-electron chi connectivity index (χ3n) is 5.50. The van der Waals surface area contributed by atoms with Gasteiger partial charge in [-0.05, 0) is 56.0 Å². The molecule has 0 aliphatic carbocycles. The number of carbonyl (C=O) groups is 1. The number of nitrogens with one attached hydrogen (secondary N) is 2. The van der Waals surface area contributed by atoms with Crippen molar-refractivity contribution in [1.82, 2.24) is 30.2 Å². The normalized spacial score (nSPS) is 17.3. The topological polar surface area (TPSA) is 84.2 Å². The van der Waals surface area contributed by atoms with Crippen LogP contribution in [0.2, 0.25) is 0 Å². The summed E-state index contributed by atoms with van der Waals surface area (Å²) in [6, 6.07) is 9.95. The Morgan fingerprint density at radius 3 is 3.07 bits per heavy atom. The summed E-state index contributed by atoms with van der Waals surface area (Å²) in [6.45, 7) is 3.06. The summed E-state index contributed by atoms with van der Waals surface area (Å²) < 4.78 is 1.73. The minimum absolute atomic E-state index is 0.0728. The number of fused-ring (bicyclic) bond motifs is 1. The molecule has 0 aromatic carbocycles. The molecule has 4 aromatic heterocycles. The van der Waals surface area contributed by atoms with Gasteiger partial charge in [-0.25, -0.2) is 9.50 Å². The Labute approximate surface area is 178 Å². The van der Waals surface area contributed by atoms with E-state index in [2.05, 4.69) is 20.7 Å². The zero-order valence-corrected chi connectivity index (χ0v) is 17.4. The second-order valence-electron chi connectivity index (χ2n) is 7.51. The van der Waals surface area contributed by atoms with E-state index in [1.54, 1.807) is 40.4 Å². The average Bonchev–Trinajstić information content (AvgIpc) is 3.55. The number of rotatable bonds is 5. The minimum atomic E-state index is -0.0939. The Hall–Kier alpha value is -3.10. The molecule has 0 radical (unpaired) electrons. The summed E-state index contributed by atoms with van der Waals surface area (Å²) in [4.78, 5) is 23.2. The first-order valence-corrected chi connectivity index (χ1v) is 11.0. The van der Waals surface area contributed by atoms with E-state index >= 15 is 0 Å². The van der Waals surface area contributed by atoms with Crippen molar-refractivity contribution in [2.24, 2.45) is 0 Å². The van der Waals surface area contributed by atoms with Crippen molar-refractivity contribution in [2.45, 2.75) is 31.8 Å². The lowest BCUT2D eigenvalue weighted by atomic mass is 10.1. The number of carbonyl (C=O) groups excluding carboxylic acids is 1. The largest absolute Gasteiger partial charge is 0.348 e. The van der Waals surface area contributed by atoms with Crippen LogP contribution in [0.1, 0.15) is 30.1 Å². The number of nitrogens with zero attached hydrogens (tertiary/aromatic N) is 4. The summed E-state index contributed by atoms with van der Waals surface area (Å²) in [5.41, 5.74) is 3.67. The first-order chi connectivity index (χ1) is 14.7. The van der Waals surface area contributed by atoms with E-state index in [-0.39, 0.29) is 11.9 Å². The molecule has 5 heterocycles. The third-order valence-corrected chi connectivity index (χ3v) is 6.39. The van der Waals surface area contributed by atoms with Gasteiger partial charge < -0.3 is 10.6 Å². The van der Waals surface area contributed by atoms with E-state index < -0.39 is 0 Å². The quantitative estimate of drug-likeness (QED) is 0.519. The second kappa shape index (κ2) is 7.97. The van der Waals surface area contributed by atoms with Crippen molar-refractivity contribution in [1.29, 1.82) is 0 Å². The van der Waals surface area contributed by atoms with E-state index in [4.69, 9.17) is 4.98 Å². The van der Waals surface area contributed by atoms with Crippen LogP contribution >= 0.6 is 11.3 Å². The van der Waals surface area contributed by atoms with Crippen molar-refractivity contribution in [2.75, 3.05) is 6.54 Å². The van der Waals surface area contributed by atoms with Crippen LogP contribution in [0.25, 0.3) is 27.5 Å². The molecular formula is C22H22N6OS. The number of amides is 1. The molecule has 30 heavy (non-hydrogen) atoms. The third kappa shape index (κ3) is 3.59. The fourth-order valence-corrected chi connectivity index (χ4v) is 4.55. The monoisotopic (exact) mass is 418 g/mol. The van der Waals surface area contributed by atoms with Gasteiger partial charge in [0.1, 0.15) is 0 Å². The lowest BCUT2D eigenvalue weighted by Gasteiger charge is -2.20. The average molecular weight is 419 g/mol. The van der Waals surface area contributed by atoms with E-state index in [1.807, 2.05) is 36.7 Å². The predicted molar refractivity (Wildman–Crippen MR) is 117 cm³/mol.